The Labute approximate surface area is 106 Å². The first-order chi connectivity index (χ1) is 8.19. The highest BCUT2D eigenvalue weighted by molar-refractivity contribution is 5.88. The number of amides is 1. The summed E-state index contributed by atoms with van der Waals surface area (Å²) in [5, 5.41) is 0. The van der Waals surface area contributed by atoms with Gasteiger partial charge in [0.15, 0.2) is 0 Å². The maximum absolute atomic E-state index is 11.7. The zero-order valence-electron chi connectivity index (χ0n) is 11.8. The number of carbonyl (C=O) groups is 1. The number of hydrogen-bond acceptors (Lipinski definition) is 1. The van der Waals surface area contributed by atoms with Gasteiger partial charge in [-0.05, 0) is 45.8 Å². The lowest BCUT2D eigenvalue weighted by molar-refractivity contribution is -0.124. The van der Waals surface area contributed by atoms with Gasteiger partial charge >= 0.3 is 0 Å². The van der Waals surface area contributed by atoms with Gasteiger partial charge in [-0.25, -0.2) is 0 Å². The van der Waals surface area contributed by atoms with Gasteiger partial charge in [-0.1, -0.05) is 31.6 Å². The Kier molecular flexibility index (Phi) is 8.12. The summed E-state index contributed by atoms with van der Waals surface area (Å²) in [7, 11) is 0. The van der Waals surface area contributed by atoms with E-state index in [0.717, 1.165) is 25.1 Å². The predicted molar refractivity (Wildman–Crippen MR) is 74.6 cm³/mol. The summed E-state index contributed by atoms with van der Waals surface area (Å²) >= 11 is 0. The van der Waals surface area contributed by atoms with Crippen molar-refractivity contribution in [3.05, 3.63) is 35.6 Å². The third-order valence-corrected chi connectivity index (χ3v) is 2.57. The Balaban J connectivity index is 0.00000121. The van der Waals surface area contributed by atoms with Crippen molar-refractivity contribution in [2.45, 2.75) is 47.5 Å². The van der Waals surface area contributed by atoms with Crippen LogP contribution in [0, 0.1) is 0 Å². The molecule has 0 aliphatic heterocycles. The van der Waals surface area contributed by atoms with Crippen molar-refractivity contribution in [3.63, 3.8) is 0 Å². The minimum atomic E-state index is 0.0826. The highest BCUT2D eigenvalue weighted by Crippen LogP contribution is 2.21. The molecule has 1 amide bonds. The molecule has 2 heteroatoms. The minimum Gasteiger partial charge on any atom is -0.313 e. The van der Waals surface area contributed by atoms with E-state index < -0.39 is 0 Å². The second-order valence-corrected chi connectivity index (χ2v) is 3.75. The summed E-state index contributed by atoms with van der Waals surface area (Å²) < 4.78 is 0. The Hall–Kier alpha value is -1.31. The number of carbonyl (C=O) groups excluding carboxylic acids is 1. The first kappa shape index (κ1) is 15.7. The van der Waals surface area contributed by atoms with E-state index in [1.165, 1.54) is 5.57 Å². The van der Waals surface area contributed by atoms with Crippen molar-refractivity contribution >= 4 is 5.91 Å². The van der Waals surface area contributed by atoms with Crippen LogP contribution in [0.4, 0.5) is 0 Å². The summed E-state index contributed by atoms with van der Waals surface area (Å²) in [5.74, 6) is 0.0826. The van der Waals surface area contributed by atoms with Gasteiger partial charge in [0.05, 0.1) is 0 Å². The molecule has 0 heterocycles. The number of nitrogens with zero attached hydrogens (tertiary/aromatic N) is 1. The standard InChI is InChI=1S/C13H19NO.C2H6/c1-4-6-13(15)14(5-2)12-9-7-11(3)8-10-12;1-2/h4,6-7,9H,5,8,10H2,1-3H3;1-2H3/b6-4-;. The van der Waals surface area contributed by atoms with E-state index >= 15 is 0 Å². The normalized spacial score (nSPS) is 14.6. The zero-order valence-corrected chi connectivity index (χ0v) is 11.8. The molecular weight excluding hydrogens is 210 g/mol. The topological polar surface area (TPSA) is 20.3 Å². The molecule has 0 saturated carbocycles. The molecule has 0 radical (unpaired) electrons. The molecule has 1 aliphatic carbocycles. The van der Waals surface area contributed by atoms with Crippen LogP contribution in [0.1, 0.15) is 47.5 Å². The molecule has 0 fully saturated rings. The average molecular weight is 235 g/mol. The third kappa shape index (κ3) is 5.03. The van der Waals surface area contributed by atoms with Gasteiger partial charge in [0.25, 0.3) is 0 Å². The van der Waals surface area contributed by atoms with Gasteiger partial charge < -0.3 is 4.90 Å². The minimum absolute atomic E-state index is 0.0826. The Morgan fingerprint density at radius 2 is 2.00 bits per heavy atom. The fourth-order valence-electron chi connectivity index (χ4n) is 1.69. The summed E-state index contributed by atoms with van der Waals surface area (Å²) in [6, 6.07) is 0. The van der Waals surface area contributed by atoms with Gasteiger partial charge in [0, 0.05) is 12.2 Å². The second-order valence-electron chi connectivity index (χ2n) is 3.75. The van der Waals surface area contributed by atoms with Gasteiger partial charge in [-0.3, -0.25) is 4.79 Å². The first-order valence-electron chi connectivity index (χ1n) is 6.49. The van der Waals surface area contributed by atoms with Gasteiger partial charge in [0.1, 0.15) is 0 Å². The maximum Gasteiger partial charge on any atom is 0.250 e. The van der Waals surface area contributed by atoms with Crippen LogP contribution in [0.3, 0.4) is 0 Å². The second kappa shape index (κ2) is 8.80. The van der Waals surface area contributed by atoms with Gasteiger partial charge in [-0.2, -0.15) is 0 Å². The number of allylic oxidation sites excluding steroid dienone is 5. The molecule has 2 nitrogen and oxygen atoms in total. The number of hydrogen-bond donors (Lipinski definition) is 0. The number of likely N-dealkylation sites (N-methyl/N-ethyl adjacent to an activating group) is 1. The lowest BCUT2D eigenvalue weighted by atomic mass is 10.0. The first-order valence-corrected chi connectivity index (χ1v) is 6.49. The van der Waals surface area contributed by atoms with Crippen LogP contribution in [0.5, 0.6) is 0 Å². The molecule has 17 heavy (non-hydrogen) atoms. The maximum atomic E-state index is 11.7. The molecule has 0 spiro atoms. The smallest absolute Gasteiger partial charge is 0.250 e. The van der Waals surface area contributed by atoms with Gasteiger partial charge in [-0.15, -0.1) is 0 Å². The van der Waals surface area contributed by atoms with E-state index in [2.05, 4.69) is 19.1 Å². The third-order valence-electron chi connectivity index (χ3n) is 2.57. The molecule has 1 rings (SSSR count). The van der Waals surface area contributed by atoms with Crippen molar-refractivity contribution in [2.24, 2.45) is 0 Å². The summed E-state index contributed by atoms with van der Waals surface area (Å²) in [4.78, 5) is 13.6. The average Bonchev–Trinajstić information content (AvgIpc) is 2.35. The van der Waals surface area contributed by atoms with Crippen LogP contribution in [0.2, 0.25) is 0 Å². The van der Waals surface area contributed by atoms with Crippen LogP contribution in [-0.4, -0.2) is 17.4 Å². The fraction of sp³-hybridized carbons (Fsp3) is 0.533. The highest BCUT2D eigenvalue weighted by atomic mass is 16.2. The number of rotatable bonds is 3. The van der Waals surface area contributed by atoms with Crippen molar-refractivity contribution in [1.29, 1.82) is 0 Å². The summed E-state index contributed by atoms with van der Waals surface area (Å²) in [6.07, 6.45) is 9.60. The monoisotopic (exact) mass is 235 g/mol. The summed E-state index contributed by atoms with van der Waals surface area (Å²) in [5.41, 5.74) is 2.51. The molecule has 0 atom stereocenters. The molecule has 96 valence electrons. The molecule has 0 N–H and O–H groups in total. The van der Waals surface area contributed by atoms with Crippen molar-refractivity contribution in [2.75, 3.05) is 6.54 Å². The SMILES string of the molecule is C/C=C\C(=O)N(CC)C1=CC=C(C)CC1.CC. The largest absolute Gasteiger partial charge is 0.313 e. The molecule has 0 aromatic heterocycles. The molecular formula is C15H25NO. The molecule has 0 unspecified atom stereocenters. The van der Waals surface area contributed by atoms with E-state index in [1.807, 2.05) is 32.6 Å². The Bertz CT molecular complexity index is 324. The lowest BCUT2D eigenvalue weighted by Gasteiger charge is -2.24. The van der Waals surface area contributed by atoms with Crippen LogP contribution in [-0.2, 0) is 4.79 Å². The Morgan fingerprint density at radius 3 is 2.41 bits per heavy atom. The molecule has 0 aromatic carbocycles. The van der Waals surface area contributed by atoms with E-state index in [1.54, 1.807) is 12.2 Å². The van der Waals surface area contributed by atoms with Crippen molar-refractivity contribution in [1.82, 2.24) is 4.90 Å². The van der Waals surface area contributed by atoms with Crippen LogP contribution in [0.15, 0.2) is 35.6 Å². The van der Waals surface area contributed by atoms with E-state index in [-0.39, 0.29) is 5.91 Å². The van der Waals surface area contributed by atoms with Crippen LogP contribution < -0.4 is 0 Å². The van der Waals surface area contributed by atoms with E-state index in [9.17, 15) is 4.79 Å². The fourth-order valence-corrected chi connectivity index (χ4v) is 1.69. The van der Waals surface area contributed by atoms with Crippen molar-refractivity contribution in [3.8, 4) is 0 Å². The molecule has 0 saturated heterocycles. The van der Waals surface area contributed by atoms with Gasteiger partial charge in [0.2, 0.25) is 5.91 Å². The lowest BCUT2D eigenvalue weighted by Crippen LogP contribution is -2.29. The van der Waals surface area contributed by atoms with Crippen molar-refractivity contribution < 1.29 is 4.79 Å². The van der Waals surface area contributed by atoms with Crippen LogP contribution >= 0.6 is 0 Å². The molecule has 0 aromatic rings. The zero-order chi connectivity index (χ0) is 13.3. The molecule has 1 aliphatic rings. The summed E-state index contributed by atoms with van der Waals surface area (Å²) in [6.45, 7) is 10.7. The molecule has 0 bridgehead atoms. The van der Waals surface area contributed by atoms with Crippen LogP contribution in [0.25, 0.3) is 0 Å². The predicted octanol–water partition coefficient (Wildman–Crippen LogP) is 4.06. The van der Waals surface area contributed by atoms with E-state index in [4.69, 9.17) is 0 Å². The quantitative estimate of drug-likeness (QED) is 0.675. The Morgan fingerprint density at radius 1 is 1.35 bits per heavy atom. The van der Waals surface area contributed by atoms with E-state index in [0.29, 0.717) is 0 Å². The highest BCUT2D eigenvalue weighted by Gasteiger charge is 2.14.